The van der Waals surface area contributed by atoms with Gasteiger partial charge in [0.1, 0.15) is 29.0 Å². The number of benzene rings is 2. The first kappa shape index (κ1) is 40.8. The van der Waals surface area contributed by atoms with Gasteiger partial charge in [-0.2, -0.15) is 0 Å². The summed E-state index contributed by atoms with van der Waals surface area (Å²) in [6, 6.07) is 14.7. The molecule has 9 heteroatoms. The van der Waals surface area contributed by atoms with Crippen molar-refractivity contribution in [3.8, 4) is 17.2 Å². The number of carbonyl (C=O) groups excluding carboxylic acids is 3. The number of hydrogen-bond donors (Lipinski definition) is 1. The van der Waals surface area contributed by atoms with Crippen LogP contribution in [0, 0.1) is 16.7 Å². The molecule has 278 valence electrons. The number of esters is 3. The Balaban J connectivity index is 0.000000204. The van der Waals surface area contributed by atoms with Crippen LogP contribution in [0.2, 0.25) is 0 Å². The van der Waals surface area contributed by atoms with E-state index >= 15 is 0 Å². The van der Waals surface area contributed by atoms with Crippen LogP contribution in [0.3, 0.4) is 0 Å². The Labute approximate surface area is 299 Å². The van der Waals surface area contributed by atoms with E-state index in [4.69, 9.17) is 28.8 Å². The van der Waals surface area contributed by atoms with Crippen molar-refractivity contribution in [1.29, 1.82) is 0 Å². The molecule has 3 aliphatic heterocycles. The second kappa shape index (κ2) is 16.2. The van der Waals surface area contributed by atoms with E-state index in [2.05, 4.69) is 65.8 Å². The largest absolute Gasteiger partial charge is 0.508 e. The van der Waals surface area contributed by atoms with Crippen molar-refractivity contribution in [1.82, 2.24) is 0 Å². The minimum atomic E-state index is -0.510. The summed E-state index contributed by atoms with van der Waals surface area (Å²) in [6.45, 7) is 24.5. The molecule has 5 rings (SSSR count). The van der Waals surface area contributed by atoms with Crippen molar-refractivity contribution < 1.29 is 43.2 Å². The van der Waals surface area contributed by atoms with Crippen molar-refractivity contribution in [2.45, 2.75) is 151 Å². The van der Waals surface area contributed by atoms with Gasteiger partial charge in [-0.1, -0.05) is 53.7 Å². The number of ether oxygens (including phenoxy) is 5. The van der Waals surface area contributed by atoms with Crippen LogP contribution in [0.5, 0.6) is 17.2 Å². The summed E-state index contributed by atoms with van der Waals surface area (Å²) >= 11 is 0. The Kier molecular flexibility index (Phi) is 13.2. The van der Waals surface area contributed by atoms with Gasteiger partial charge in [0.15, 0.2) is 12.2 Å². The lowest BCUT2D eigenvalue weighted by Crippen LogP contribution is -2.42. The molecular formula is C41H60O9. The first-order chi connectivity index (χ1) is 23.2. The molecule has 0 aliphatic carbocycles. The fraction of sp³-hybridized carbons (Fsp3) is 0.634. The molecule has 0 amide bonds. The summed E-state index contributed by atoms with van der Waals surface area (Å²) in [6.07, 6.45) is 3.02. The molecule has 0 radical (unpaired) electrons. The van der Waals surface area contributed by atoms with Crippen LogP contribution in [-0.2, 0) is 34.0 Å². The highest BCUT2D eigenvalue weighted by Crippen LogP contribution is 2.48. The minimum Gasteiger partial charge on any atom is -0.508 e. The van der Waals surface area contributed by atoms with Crippen molar-refractivity contribution in [2.24, 2.45) is 16.7 Å². The SMILES string of the molecule is CCC(C)(C)C(=O)OC1C2CC3C(=O)OC1C3O2.CCC(C)(C)C(=O)Oc1ccc(O)cc1.CCC(C)(C)Oc1ccc(C(C)(C)CC)cc1. The van der Waals surface area contributed by atoms with Crippen LogP contribution in [0.25, 0.3) is 0 Å². The minimum absolute atomic E-state index is 0.0816. The van der Waals surface area contributed by atoms with Gasteiger partial charge in [0, 0.05) is 0 Å². The van der Waals surface area contributed by atoms with Crippen LogP contribution in [0.1, 0.15) is 121 Å². The molecule has 9 nitrogen and oxygen atoms in total. The average Bonchev–Trinajstić information content (AvgIpc) is 3.72. The van der Waals surface area contributed by atoms with E-state index < -0.39 is 23.0 Å². The molecule has 1 N–H and O–H groups in total. The van der Waals surface area contributed by atoms with E-state index in [0.29, 0.717) is 18.6 Å². The van der Waals surface area contributed by atoms with E-state index in [1.54, 1.807) is 12.1 Å². The molecule has 3 fully saturated rings. The summed E-state index contributed by atoms with van der Waals surface area (Å²) in [5, 5.41) is 9.06. The second-order valence-electron chi connectivity index (χ2n) is 16.1. The quantitative estimate of drug-likeness (QED) is 0.182. The lowest BCUT2D eigenvalue weighted by Gasteiger charge is -2.27. The Bertz CT molecular complexity index is 1440. The van der Waals surface area contributed by atoms with Gasteiger partial charge in [0.25, 0.3) is 0 Å². The van der Waals surface area contributed by atoms with Crippen molar-refractivity contribution in [2.75, 3.05) is 0 Å². The zero-order valence-corrected chi connectivity index (χ0v) is 32.3. The third-order valence-corrected chi connectivity index (χ3v) is 10.7. The van der Waals surface area contributed by atoms with E-state index in [-0.39, 0.29) is 52.8 Å². The lowest BCUT2D eigenvalue weighted by molar-refractivity contribution is -0.169. The number of rotatable bonds is 11. The Morgan fingerprint density at radius 2 is 1.28 bits per heavy atom. The van der Waals surface area contributed by atoms with Gasteiger partial charge in [-0.15, -0.1) is 0 Å². The monoisotopic (exact) mass is 696 g/mol. The number of hydrogen-bond acceptors (Lipinski definition) is 9. The summed E-state index contributed by atoms with van der Waals surface area (Å²) < 4.78 is 27.6. The maximum atomic E-state index is 12.1. The maximum absolute atomic E-state index is 12.1. The van der Waals surface area contributed by atoms with Gasteiger partial charge in [-0.3, -0.25) is 14.4 Å². The third kappa shape index (κ3) is 10.0. The molecule has 0 spiro atoms. The standard InChI is InChI=1S/C16H26O.C13H18O5.C12H16O3/c1-7-15(3,4)13-9-11-14(12-10-13)17-16(5,6)8-2;1-4-13(2,3)12(15)18-9-7-5-6-8(16-7)10(9)17-11(6)14;1-4-12(2,3)11(14)15-10-7-5-9(13)6-8-10/h9-12H,7-8H2,1-6H3;6-10H,4-5H2,1-3H3;5-8,13H,4H2,1-3H3. The Hall–Kier alpha value is -3.59. The molecular weight excluding hydrogens is 636 g/mol. The molecule has 0 saturated carbocycles. The van der Waals surface area contributed by atoms with Gasteiger partial charge < -0.3 is 28.8 Å². The fourth-order valence-electron chi connectivity index (χ4n) is 5.28. The van der Waals surface area contributed by atoms with Crippen LogP contribution >= 0.6 is 0 Å². The molecule has 5 unspecified atom stereocenters. The highest BCUT2D eigenvalue weighted by molar-refractivity contribution is 5.79. The summed E-state index contributed by atoms with van der Waals surface area (Å²) in [7, 11) is 0. The van der Waals surface area contributed by atoms with E-state index in [1.165, 1.54) is 17.7 Å². The normalized spacial score (nSPS) is 22.4. The van der Waals surface area contributed by atoms with Crippen LogP contribution in [-0.4, -0.2) is 53.0 Å². The van der Waals surface area contributed by atoms with Crippen LogP contribution in [0.4, 0.5) is 0 Å². The number of phenolic OH excluding ortho intramolecular Hbond substituents is 1. The number of carbonyl (C=O) groups is 3. The second-order valence-corrected chi connectivity index (χ2v) is 16.1. The predicted molar refractivity (Wildman–Crippen MR) is 193 cm³/mol. The molecule has 0 aromatic heterocycles. The number of fused-ring (bicyclic) bond motifs is 1. The van der Waals surface area contributed by atoms with E-state index in [9.17, 15) is 14.4 Å². The Morgan fingerprint density at radius 3 is 1.80 bits per heavy atom. The highest BCUT2D eigenvalue weighted by atomic mass is 16.7. The van der Waals surface area contributed by atoms with Crippen molar-refractivity contribution >= 4 is 17.9 Å². The summed E-state index contributed by atoms with van der Waals surface area (Å²) in [5.74, 6) is 0.729. The zero-order chi connectivity index (χ0) is 37.7. The summed E-state index contributed by atoms with van der Waals surface area (Å²) in [4.78, 5) is 35.3. The zero-order valence-electron chi connectivity index (χ0n) is 32.3. The first-order valence-corrected chi connectivity index (χ1v) is 18.1. The van der Waals surface area contributed by atoms with Crippen molar-refractivity contribution in [3.05, 3.63) is 54.1 Å². The molecule has 50 heavy (non-hydrogen) atoms. The van der Waals surface area contributed by atoms with Crippen molar-refractivity contribution in [3.63, 3.8) is 0 Å². The fourth-order valence-corrected chi connectivity index (χ4v) is 5.28. The van der Waals surface area contributed by atoms with E-state index in [0.717, 1.165) is 25.0 Å². The Morgan fingerprint density at radius 1 is 0.740 bits per heavy atom. The van der Waals surface area contributed by atoms with Gasteiger partial charge in [-0.25, -0.2) is 0 Å². The number of aromatic hydroxyl groups is 1. The molecule has 2 aromatic carbocycles. The molecule has 2 bridgehead atoms. The van der Waals surface area contributed by atoms with Crippen LogP contribution < -0.4 is 9.47 Å². The topological polar surface area (TPSA) is 118 Å². The third-order valence-electron chi connectivity index (χ3n) is 10.7. The first-order valence-electron chi connectivity index (χ1n) is 18.1. The molecule has 3 saturated heterocycles. The van der Waals surface area contributed by atoms with E-state index in [1.807, 2.05) is 41.5 Å². The molecule has 2 aromatic rings. The highest BCUT2D eigenvalue weighted by Gasteiger charge is 2.65. The van der Waals surface area contributed by atoms with Gasteiger partial charge >= 0.3 is 17.9 Å². The molecule has 3 heterocycles. The van der Waals surface area contributed by atoms with Gasteiger partial charge in [-0.05, 0) is 121 Å². The van der Waals surface area contributed by atoms with Crippen LogP contribution in [0.15, 0.2) is 48.5 Å². The van der Waals surface area contributed by atoms with Gasteiger partial charge in [0.05, 0.1) is 22.9 Å². The smallest absolute Gasteiger partial charge is 0.316 e. The average molecular weight is 697 g/mol. The molecule has 3 aliphatic rings. The lowest BCUT2D eigenvalue weighted by atomic mass is 9.82. The summed E-state index contributed by atoms with van der Waals surface area (Å²) in [5.41, 5.74) is 0.559. The van der Waals surface area contributed by atoms with Gasteiger partial charge in [0.2, 0.25) is 0 Å². The molecule has 5 atom stereocenters. The maximum Gasteiger partial charge on any atom is 0.316 e. The predicted octanol–water partition coefficient (Wildman–Crippen LogP) is 8.72. The number of phenols is 1.